The van der Waals surface area contributed by atoms with E-state index in [4.69, 9.17) is 4.98 Å². The third-order valence-corrected chi connectivity index (χ3v) is 5.53. The number of fused-ring (bicyclic) bond motifs is 1. The van der Waals surface area contributed by atoms with Crippen LogP contribution in [0.4, 0.5) is 23.0 Å². The van der Waals surface area contributed by atoms with Crippen LogP contribution in [0.1, 0.15) is 30.8 Å². The number of aromatic nitrogens is 5. The van der Waals surface area contributed by atoms with Crippen LogP contribution in [0.2, 0.25) is 0 Å². The molecule has 0 bridgehead atoms. The molecule has 33 heavy (non-hydrogen) atoms. The number of nitrogens with zero attached hydrogens (tertiary/aromatic N) is 6. The standard InChI is InChI=1S/C25H25N7O/c1-16-5-4-6-20(29-16)23-28-15-17-9-12-32(24(17)31-23)19-8-11-27-22(14-19)30-18-7-10-26-21(13-18)25(2,3)33/h4-8,10-11,13-15,33H,9,12H2,1-3H3,(H,26,27,30). The van der Waals surface area contributed by atoms with Gasteiger partial charge in [0.25, 0.3) is 0 Å². The zero-order chi connectivity index (χ0) is 23.0. The molecule has 0 aliphatic carbocycles. The van der Waals surface area contributed by atoms with E-state index in [0.29, 0.717) is 17.3 Å². The van der Waals surface area contributed by atoms with Crippen molar-refractivity contribution in [2.45, 2.75) is 32.8 Å². The van der Waals surface area contributed by atoms with Gasteiger partial charge < -0.3 is 15.3 Å². The first-order valence-corrected chi connectivity index (χ1v) is 10.9. The molecule has 8 heteroatoms. The molecule has 0 saturated carbocycles. The van der Waals surface area contributed by atoms with Crippen LogP contribution in [-0.2, 0) is 12.0 Å². The van der Waals surface area contributed by atoms with Gasteiger partial charge in [0.1, 0.15) is 22.9 Å². The van der Waals surface area contributed by atoms with E-state index in [1.807, 2.05) is 55.6 Å². The molecule has 4 aromatic heterocycles. The van der Waals surface area contributed by atoms with Crippen LogP contribution < -0.4 is 10.2 Å². The second-order valence-electron chi connectivity index (χ2n) is 8.62. The fourth-order valence-electron chi connectivity index (χ4n) is 3.83. The lowest BCUT2D eigenvalue weighted by Gasteiger charge is -2.20. The molecule has 4 aromatic rings. The second-order valence-corrected chi connectivity index (χ2v) is 8.62. The van der Waals surface area contributed by atoms with Crippen LogP contribution in [0.25, 0.3) is 11.5 Å². The monoisotopic (exact) mass is 439 g/mol. The molecule has 8 nitrogen and oxygen atoms in total. The molecule has 2 N–H and O–H groups in total. The van der Waals surface area contributed by atoms with Gasteiger partial charge in [0, 0.05) is 53.8 Å². The third kappa shape index (κ3) is 4.38. The summed E-state index contributed by atoms with van der Waals surface area (Å²) < 4.78 is 0. The van der Waals surface area contributed by atoms with Crippen molar-refractivity contribution in [3.8, 4) is 11.5 Å². The van der Waals surface area contributed by atoms with Gasteiger partial charge in [0.2, 0.25) is 0 Å². The van der Waals surface area contributed by atoms with Gasteiger partial charge in [0.15, 0.2) is 5.82 Å². The Morgan fingerprint density at radius 3 is 2.67 bits per heavy atom. The zero-order valence-electron chi connectivity index (χ0n) is 18.8. The minimum Gasteiger partial charge on any atom is -0.384 e. The highest BCUT2D eigenvalue weighted by Gasteiger charge is 2.24. The Hall–Kier alpha value is -3.91. The molecule has 166 valence electrons. The van der Waals surface area contributed by atoms with Crippen molar-refractivity contribution in [2.24, 2.45) is 0 Å². The minimum atomic E-state index is -1.02. The number of hydrogen-bond acceptors (Lipinski definition) is 8. The van der Waals surface area contributed by atoms with E-state index in [9.17, 15) is 5.11 Å². The first-order valence-electron chi connectivity index (χ1n) is 10.9. The number of aryl methyl sites for hydroxylation is 1. The van der Waals surface area contributed by atoms with Crippen LogP contribution in [0.3, 0.4) is 0 Å². The van der Waals surface area contributed by atoms with Gasteiger partial charge in [-0.15, -0.1) is 0 Å². The van der Waals surface area contributed by atoms with E-state index < -0.39 is 5.60 Å². The Labute approximate surface area is 192 Å². The molecule has 0 fully saturated rings. The summed E-state index contributed by atoms with van der Waals surface area (Å²) in [5.74, 6) is 2.21. The Morgan fingerprint density at radius 1 is 1.00 bits per heavy atom. The Kier molecular flexibility index (Phi) is 5.22. The maximum atomic E-state index is 10.3. The Bertz CT molecular complexity index is 1320. The summed E-state index contributed by atoms with van der Waals surface area (Å²) in [6.45, 7) is 6.20. The lowest BCUT2D eigenvalue weighted by molar-refractivity contribution is 0.0739. The van der Waals surface area contributed by atoms with Crippen LogP contribution in [-0.4, -0.2) is 36.6 Å². The van der Waals surface area contributed by atoms with Gasteiger partial charge in [-0.2, -0.15) is 0 Å². The molecule has 0 aromatic carbocycles. The molecule has 1 aliphatic heterocycles. The lowest BCUT2D eigenvalue weighted by atomic mass is 10.0. The van der Waals surface area contributed by atoms with Gasteiger partial charge in [-0.25, -0.2) is 19.9 Å². The average Bonchev–Trinajstić information content (AvgIpc) is 3.22. The highest BCUT2D eigenvalue weighted by atomic mass is 16.3. The maximum absolute atomic E-state index is 10.3. The predicted molar refractivity (Wildman–Crippen MR) is 128 cm³/mol. The van der Waals surface area contributed by atoms with Crippen molar-refractivity contribution in [1.82, 2.24) is 24.9 Å². The van der Waals surface area contributed by atoms with E-state index in [1.165, 1.54) is 0 Å². The van der Waals surface area contributed by atoms with Crippen molar-refractivity contribution < 1.29 is 5.11 Å². The highest BCUT2D eigenvalue weighted by molar-refractivity contribution is 5.71. The van der Waals surface area contributed by atoms with Crippen LogP contribution in [0, 0.1) is 6.92 Å². The second kappa shape index (κ2) is 8.22. The predicted octanol–water partition coefficient (Wildman–Crippen LogP) is 4.30. The molecule has 0 spiro atoms. The Morgan fingerprint density at radius 2 is 1.85 bits per heavy atom. The van der Waals surface area contributed by atoms with Gasteiger partial charge in [-0.05, 0) is 57.5 Å². The zero-order valence-corrected chi connectivity index (χ0v) is 18.8. The normalized spacial score (nSPS) is 13.2. The number of aliphatic hydroxyl groups is 1. The molecule has 0 unspecified atom stereocenters. The van der Waals surface area contributed by atoms with E-state index in [0.717, 1.165) is 47.1 Å². The van der Waals surface area contributed by atoms with Gasteiger partial charge in [-0.1, -0.05) is 6.07 Å². The first-order chi connectivity index (χ1) is 15.9. The molecular formula is C25H25N7O. The number of nitrogens with one attached hydrogen (secondary N) is 1. The summed E-state index contributed by atoms with van der Waals surface area (Å²) in [5, 5.41) is 13.6. The smallest absolute Gasteiger partial charge is 0.180 e. The van der Waals surface area contributed by atoms with Crippen LogP contribution in [0.5, 0.6) is 0 Å². The summed E-state index contributed by atoms with van der Waals surface area (Å²) in [6.07, 6.45) is 6.23. The minimum absolute atomic E-state index is 0.589. The molecule has 0 atom stereocenters. The van der Waals surface area contributed by atoms with Crippen molar-refractivity contribution in [2.75, 3.05) is 16.8 Å². The molecule has 0 radical (unpaired) electrons. The SMILES string of the molecule is Cc1cccc(-c2ncc3c(n2)N(c2ccnc(Nc4ccnc(C(C)(C)O)c4)c2)CC3)n1. The first kappa shape index (κ1) is 21.0. The van der Waals surface area contributed by atoms with Gasteiger partial charge in [0.05, 0.1) is 5.69 Å². The lowest BCUT2D eigenvalue weighted by Crippen LogP contribution is -2.17. The number of anilines is 4. The molecule has 5 heterocycles. The van der Waals surface area contributed by atoms with E-state index in [1.54, 1.807) is 26.2 Å². The van der Waals surface area contributed by atoms with Crippen LogP contribution >= 0.6 is 0 Å². The van der Waals surface area contributed by atoms with E-state index >= 15 is 0 Å². The fourth-order valence-corrected chi connectivity index (χ4v) is 3.83. The molecular weight excluding hydrogens is 414 g/mol. The molecule has 1 aliphatic rings. The van der Waals surface area contributed by atoms with Crippen molar-refractivity contribution in [3.63, 3.8) is 0 Å². The Balaban J connectivity index is 1.43. The highest BCUT2D eigenvalue weighted by Crippen LogP contribution is 2.34. The maximum Gasteiger partial charge on any atom is 0.180 e. The summed E-state index contributed by atoms with van der Waals surface area (Å²) in [5.41, 5.74) is 4.18. The van der Waals surface area contributed by atoms with Crippen molar-refractivity contribution in [1.29, 1.82) is 0 Å². The van der Waals surface area contributed by atoms with Crippen molar-refractivity contribution in [3.05, 3.63) is 78.0 Å². The van der Waals surface area contributed by atoms with E-state index in [-0.39, 0.29) is 0 Å². The van der Waals surface area contributed by atoms with Crippen molar-refractivity contribution >= 4 is 23.0 Å². The van der Waals surface area contributed by atoms with E-state index in [2.05, 4.69) is 30.2 Å². The fraction of sp³-hybridized carbons (Fsp3) is 0.240. The van der Waals surface area contributed by atoms with Gasteiger partial charge in [-0.3, -0.25) is 4.98 Å². The molecule has 0 saturated heterocycles. The number of rotatable bonds is 5. The quantitative estimate of drug-likeness (QED) is 0.475. The number of pyridine rings is 3. The van der Waals surface area contributed by atoms with Gasteiger partial charge >= 0.3 is 0 Å². The summed E-state index contributed by atoms with van der Waals surface area (Å²) in [4.78, 5) is 24.9. The van der Waals surface area contributed by atoms with Crippen LogP contribution in [0.15, 0.2) is 61.1 Å². The molecule has 5 rings (SSSR count). The molecule has 0 amide bonds. The summed E-state index contributed by atoms with van der Waals surface area (Å²) in [7, 11) is 0. The largest absolute Gasteiger partial charge is 0.384 e. The topological polar surface area (TPSA) is 100.0 Å². The summed E-state index contributed by atoms with van der Waals surface area (Å²) in [6, 6.07) is 13.5. The number of hydrogen-bond donors (Lipinski definition) is 2. The average molecular weight is 440 g/mol. The summed E-state index contributed by atoms with van der Waals surface area (Å²) >= 11 is 0. The third-order valence-electron chi connectivity index (χ3n) is 5.53.